The zero-order chi connectivity index (χ0) is 20.5. The second-order valence-corrected chi connectivity index (χ2v) is 6.82. The van der Waals surface area contributed by atoms with Gasteiger partial charge in [-0.2, -0.15) is 0 Å². The number of aromatic nitrogens is 3. The van der Waals surface area contributed by atoms with Gasteiger partial charge in [0.05, 0.1) is 18.5 Å². The molecular formula is C23H18N4O3. The van der Waals surface area contributed by atoms with Gasteiger partial charge in [-0.3, -0.25) is 0 Å². The number of hydrogen-bond acceptors (Lipinski definition) is 6. The minimum atomic E-state index is 0.305. The zero-order valence-corrected chi connectivity index (χ0v) is 16.2. The fourth-order valence-electron chi connectivity index (χ4n) is 3.77. The topological polar surface area (TPSA) is 92.6 Å². The molecule has 5 rings (SSSR count). The van der Waals surface area contributed by atoms with E-state index in [0.717, 1.165) is 38.1 Å². The molecule has 0 bridgehead atoms. The number of aromatic amines is 1. The standard InChI is InChI=1S/C23H18N4O3/c1-29-13-17-19(12-25-28)27-23(21-20(17)16-8-4-5-9-18(16)26-21)30-22-15-7-3-2-6-14(15)10-11-24-22/h2-12,26,28H,13H2,1H3. The van der Waals surface area contributed by atoms with Gasteiger partial charge in [0.2, 0.25) is 11.8 Å². The smallest absolute Gasteiger partial charge is 0.246 e. The number of fused-ring (bicyclic) bond motifs is 4. The van der Waals surface area contributed by atoms with Gasteiger partial charge >= 0.3 is 0 Å². The van der Waals surface area contributed by atoms with E-state index in [1.165, 1.54) is 6.21 Å². The fourth-order valence-corrected chi connectivity index (χ4v) is 3.77. The quantitative estimate of drug-likeness (QED) is 0.247. The maximum absolute atomic E-state index is 9.20. The van der Waals surface area contributed by atoms with Gasteiger partial charge in [0.25, 0.3) is 0 Å². The van der Waals surface area contributed by atoms with Crippen LogP contribution >= 0.6 is 0 Å². The second-order valence-electron chi connectivity index (χ2n) is 6.82. The molecular weight excluding hydrogens is 380 g/mol. The number of pyridine rings is 2. The Kier molecular flexibility index (Phi) is 4.49. The van der Waals surface area contributed by atoms with E-state index in [1.807, 2.05) is 54.6 Å². The summed E-state index contributed by atoms with van der Waals surface area (Å²) in [6.07, 6.45) is 2.99. The highest BCUT2D eigenvalue weighted by Gasteiger charge is 2.20. The van der Waals surface area contributed by atoms with Crippen LogP contribution < -0.4 is 4.74 Å². The number of nitrogens with zero attached hydrogens (tertiary/aromatic N) is 3. The molecule has 7 heteroatoms. The molecule has 0 atom stereocenters. The first-order valence-electron chi connectivity index (χ1n) is 9.41. The number of benzene rings is 2. The van der Waals surface area contributed by atoms with Crippen molar-refractivity contribution < 1.29 is 14.7 Å². The molecule has 0 fully saturated rings. The molecule has 3 aromatic heterocycles. The second kappa shape index (κ2) is 7.46. The number of nitrogens with one attached hydrogen (secondary N) is 1. The van der Waals surface area contributed by atoms with Crippen molar-refractivity contribution in [2.45, 2.75) is 6.61 Å². The predicted octanol–water partition coefficient (Wildman–Crippen LogP) is 5.01. The minimum Gasteiger partial charge on any atom is -0.418 e. The van der Waals surface area contributed by atoms with E-state index >= 15 is 0 Å². The molecule has 0 aliphatic rings. The number of H-pyrrole nitrogens is 1. The van der Waals surface area contributed by atoms with Gasteiger partial charge in [-0.25, -0.2) is 9.97 Å². The van der Waals surface area contributed by atoms with E-state index in [-0.39, 0.29) is 0 Å². The molecule has 2 aromatic carbocycles. The molecule has 5 aromatic rings. The van der Waals surface area contributed by atoms with E-state index in [0.29, 0.717) is 24.1 Å². The van der Waals surface area contributed by atoms with Gasteiger partial charge < -0.3 is 19.7 Å². The molecule has 0 amide bonds. The van der Waals surface area contributed by atoms with Crippen molar-refractivity contribution in [3.63, 3.8) is 0 Å². The van der Waals surface area contributed by atoms with Gasteiger partial charge in [0, 0.05) is 40.5 Å². The lowest BCUT2D eigenvalue weighted by molar-refractivity contribution is 0.185. The van der Waals surface area contributed by atoms with Crippen LogP contribution in [0.5, 0.6) is 11.8 Å². The van der Waals surface area contributed by atoms with E-state index in [1.54, 1.807) is 13.3 Å². The van der Waals surface area contributed by atoms with Crippen LogP contribution in [0.1, 0.15) is 11.3 Å². The van der Waals surface area contributed by atoms with E-state index in [4.69, 9.17) is 9.47 Å². The summed E-state index contributed by atoms with van der Waals surface area (Å²) in [7, 11) is 1.62. The average Bonchev–Trinajstić information content (AvgIpc) is 3.17. The number of oxime groups is 1. The van der Waals surface area contributed by atoms with Crippen LogP contribution in [0.2, 0.25) is 0 Å². The highest BCUT2D eigenvalue weighted by Crippen LogP contribution is 2.37. The molecule has 0 aliphatic heterocycles. The van der Waals surface area contributed by atoms with Crippen LogP contribution in [0.4, 0.5) is 0 Å². The van der Waals surface area contributed by atoms with Crippen molar-refractivity contribution in [2.75, 3.05) is 7.11 Å². The molecule has 7 nitrogen and oxygen atoms in total. The molecule has 0 unspecified atom stereocenters. The molecule has 30 heavy (non-hydrogen) atoms. The summed E-state index contributed by atoms with van der Waals surface area (Å²) in [4.78, 5) is 12.4. The first-order chi connectivity index (χ1) is 14.8. The molecule has 3 heterocycles. The lowest BCUT2D eigenvalue weighted by Crippen LogP contribution is -2.03. The summed E-state index contributed by atoms with van der Waals surface area (Å²) in [6.45, 7) is 0.305. The Morgan fingerprint density at radius 2 is 1.83 bits per heavy atom. The summed E-state index contributed by atoms with van der Waals surface area (Å²) < 4.78 is 11.6. The number of hydrogen-bond donors (Lipinski definition) is 2. The van der Waals surface area contributed by atoms with Crippen LogP contribution in [0, 0.1) is 0 Å². The summed E-state index contributed by atoms with van der Waals surface area (Å²) in [6, 6.07) is 17.7. The third-order valence-electron chi connectivity index (χ3n) is 5.05. The Balaban J connectivity index is 1.80. The zero-order valence-electron chi connectivity index (χ0n) is 16.2. The molecule has 0 saturated heterocycles. The van der Waals surface area contributed by atoms with Gasteiger partial charge in [-0.05, 0) is 23.6 Å². The summed E-state index contributed by atoms with van der Waals surface area (Å²) in [5.74, 6) is 0.798. The van der Waals surface area contributed by atoms with Crippen LogP contribution in [0.15, 0.2) is 65.9 Å². The fraction of sp³-hybridized carbons (Fsp3) is 0.0870. The molecule has 0 saturated carbocycles. The highest BCUT2D eigenvalue weighted by atomic mass is 16.5. The Labute approximate surface area is 171 Å². The SMILES string of the molecule is COCc1c(C=NO)nc(Oc2nccc3ccccc23)c2[nH]c3ccccc3c12. The van der Waals surface area contributed by atoms with Gasteiger partial charge in [-0.15, -0.1) is 0 Å². The number of methoxy groups -OCH3 is 1. The third-order valence-corrected chi connectivity index (χ3v) is 5.05. The van der Waals surface area contributed by atoms with Crippen LogP contribution in [0.3, 0.4) is 0 Å². The van der Waals surface area contributed by atoms with E-state index in [9.17, 15) is 5.21 Å². The van der Waals surface area contributed by atoms with Gasteiger partial charge in [0.15, 0.2) is 0 Å². The number of para-hydroxylation sites is 1. The van der Waals surface area contributed by atoms with Crippen molar-refractivity contribution in [2.24, 2.45) is 5.16 Å². The summed E-state index contributed by atoms with van der Waals surface area (Å²) >= 11 is 0. The van der Waals surface area contributed by atoms with Crippen molar-refractivity contribution in [1.82, 2.24) is 15.0 Å². The van der Waals surface area contributed by atoms with Crippen LogP contribution in [0.25, 0.3) is 32.6 Å². The first kappa shape index (κ1) is 18.1. The maximum atomic E-state index is 9.20. The summed E-state index contributed by atoms with van der Waals surface area (Å²) in [5.41, 5.74) is 2.95. The average molecular weight is 398 g/mol. The van der Waals surface area contributed by atoms with Crippen molar-refractivity contribution in [1.29, 1.82) is 0 Å². The van der Waals surface area contributed by atoms with Crippen LogP contribution in [-0.2, 0) is 11.3 Å². The van der Waals surface area contributed by atoms with E-state index in [2.05, 4.69) is 20.1 Å². The van der Waals surface area contributed by atoms with Gasteiger partial charge in [0.1, 0.15) is 5.52 Å². The summed E-state index contributed by atoms with van der Waals surface area (Å²) in [5, 5.41) is 16.2. The van der Waals surface area contributed by atoms with Crippen molar-refractivity contribution in [3.8, 4) is 11.8 Å². The van der Waals surface area contributed by atoms with Crippen molar-refractivity contribution >= 4 is 38.8 Å². The lowest BCUT2D eigenvalue weighted by Gasteiger charge is -2.12. The molecule has 0 spiro atoms. The van der Waals surface area contributed by atoms with Crippen molar-refractivity contribution in [3.05, 3.63) is 72.1 Å². The third kappa shape index (κ3) is 2.92. The largest absolute Gasteiger partial charge is 0.418 e. The van der Waals surface area contributed by atoms with E-state index < -0.39 is 0 Å². The van der Waals surface area contributed by atoms with Gasteiger partial charge in [-0.1, -0.05) is 41.6 Å². The lowest BCUT2D eigenvalue weighted by atomic mass is 10.1. The molecule has 0 aliphatic carbocycles. The Morgan fingerprint density at radius 1 is 1.03 bits per heavy atom. The Hall–Kier alpha value is -3.97. The monoisotopic (exact) mass is 398 g/mol. The minimum absolute atomic E-state index is 0.305. The normalized spacial score (nSPS) is 11.8. The van der Waals surface area contributed by atoms with Crippen LogP contribution in [-0.4, -0.2) is 33.5 Å². The molecule has 0 radical (unpaired) electrons. The maximum Gasteiger partial charge on any atom is 0.246 e. The Morgan fingerprint density at radius 3 is 2.67 bits per heavy atom. The number of ether oxygens (including phenoxy) is 2. The molecule has 148 valence electrons. The predicted molar refractivity (Wildman–Crippen MR) is 116 cm³/mol. The highest BCUT2D eigenvalue weighted by molar-refractivity contribution is 6.12. The Bertz CT molecular complexity index is 1400. The first-order valence-corrected chi connectivity index (χ1v) is 9.41. The number of rotatable bonds is 5. The molecule has 2 N–H and O–H groups in total.